The number of aromatic nitrogens is 4. The molecule has 0 radical (unpaired) electrons. The molecule has 5 rings (SSSR count). The standard InChI is InChI=1S/C25H36N6O5/c1-6-33-19(32)8-7-16-9-17(10-16)30(15(2)3)11-18-21-25(12-34-18,36-24(4,5)35-21)31-14-29-20-22(26)27-13-28-23(20)31/h7-8,13-18,21H,6,9-12H2,1-5H3,(H2,26,27,28)/b8-7+/t16?,17?,18-,21-,25-/m1/s1. The van der Waals surface area contributed by atoms with E-state index in [0.29, 0.717) is 54.7 Å². The van der Waals surface area contributed by atoms with Gasteiger partial charge in [-0.25, -0.2) is 19.7 Å². The Morgan fingerprint density at radius 2 is 2.11 bits per heavy atom. The van der Waals surface area contributed by atoms with Crippen molar-refractivity contribution in [1.29, 1.82) is 0 Å². The van der Waals surface area contributed by atoms with Gasteiger partial charge < -0.3 is 24.7 Å². The number of carbonyl (C=O) groups excluding carboxylic acids is 1. The third-order valence-electron chi connectivity index (χ3n) is 7.35. The Bertz CT molecular complexity index is 1140. The predicted octanol–water partition coefficient (Wildman–Crippen LogP) is 2.22. The highest BCUT2D eigenvalue weighted by Gasteiger charge is 2.63. The molecule has 0 unspecified atom stereocenters. The second kappa shape index (κ2) is 9.37. The summed E-state index contributed by atoms with van der Waals surface area (Å²) in [6.45, 7) is 11.4. The van der Waals surface area contributed by atoms with E-state index in [1.165, 1.54) is 6.33 Å². The van der Waals surface area contributed by atoms with E-state index in [4.69, 9.17) is 24.7 Å². The third-order valence-corrected chi connectivity index (χ3v) is 7.35. The number of nitrogen functional groups attached to an aromatic ring is 1. The topological polar surface area (TPSA) is 127 Å². The molecule has 3 atom stereocenters. The summed E-state index contributed by atoms with van der Waals surface area (Å²) in [7, 11) is 0. The number of hydrogen-bond acceptors (Lipinski definition) is 10. The highest BCUT2D eigenvalue weighted by molar-refractivity contribution is 5.82. The lowest BCUT2D eigenvalue weighted by atomic mass is 9.78. The summed E-state index contributed by atoms with van der Waals surface area (Å²) in [5.41, 5.74) is 6.25. The number of esters is 1. The fraction of sp³-hybridized carbons (Fsp3) is 0.680. The zero-order chi connectivity index (χ0) is 25.7. The summed E-state index contributed by atoms with van der Waals surface area (Å²) in [5, 5.41) is 0. The smallest absolute Gasteiger partial charge is 0.330 e. The molecule has 3 aliphatic rings. The van der Waals surface area contributed by atoms with Gasteiger partial charge in [-0.1, -0.05) is 6.08 Å². The number of carbonyl (C=O) groups is 1. The predicted molar refractivity (Wildman–Crippen MR) is 132 cm³/mol. The maximum atomic E-state index is 11.6. The van der Waals surface area contributed by atoms with Gasteiger partial charge in [0.1, 0.15) is 24.1 Å². The van der Waals surface area contributed by atoms with Crippen LogP contribution in [0.2, 0.25) is 0 Å². The van der Waals surface area contributed by atoms with Crippen LogP contribution in [0.5, 0.6) is 0 Å². The van der Waals surface area contributed by atoms with Gasteiger partial charge in [-0.15, -0.1) is 0 Å². The molecule has 196 valence electrons. The molecule has 2 aliphatic heterocycles. The molecule has 3 fully saturated rings. The summed E-state index contributed by atoms with van der Waals surface area (Å²) in [4.78, 5) is 27.1. The average molecular weight is 501 g/mol. The van der Waals surface area contributed by atoms with Crippen molar-refractivity contribution in [2.75, 3.05) is 25.5 Å². The highest BCUT2D eigenvalue weighted by Crippen LogP contribution is 2.48. The molecule has 2 N–H and O–H groups in total. The van der Waals surface area contributed by atoms with Crippen molar-refractivity contribution < 1.29 is 23.7 Å². The Hall–Kier alpha value is -2.60. The minimum atomic E-state index is -0.906. The number of fused-ring (bicyclic) bond motifs is 2. The Kier molecular flexibility index (Phi) is 6.52. The van der Waals surface area contributed by atoms with Crippen molar-refractivity contribution in [3.05, 3.63) is 24.8 Å². The molecule has 0 amide bonds. The van der Waals surface area contributed by atoms with Crippen molar-refractivity contribution in [2.24, 2.45) is 5.92 Å². The molecule has 2 aromatic rings. The van der Waals surface area contributed by atoms with Crippen LogP contribution in [-0.2, 0) is 29.5 Å². The Balaban J connectivity index is 1.33. The van der Waals surface area contributed by atoms with Crippen LogP contribution in [0.1, 0.15) is 47.5 Å². The molecule has 11 nitrogen and oxygen atoms in total. The lowest BCUT2D eigenvalue weighted by Gasteiger charge is -2.45. The molecule has 2 aromatic heterocycles. The van der Waals surface area contributed by atoms with Gasteiger partial charge in [0.2, 0.25) is 5.72 Å². The number of nitrogens with two attached hydrogens (primary N) is 1. The maximum Gasteiger partial charge on any atom is 0.330 e. The first-order valence-electron chi connectivity index (χ1n) is 12.7. The summed E-state index contributed by atoms with van der Waals surface area (Å²) in [5.74, 6) is -0.388. The first-order valence-corrected chi connectivity index (χ1v) is 12.7. The van der Waals surface area contributed by atoms with Crippen LogP contribution in [0.4, 0.5) is 5.82 Å². The van der Waals surface area contributed by atoms with Crippen molar-refractivity contribution >= 4 is 23.0 Å². The van der Waals surface area contributed by atoms with Crippen LogP contribution in [0.15, 0.2) is 24.8 Å². The fourth-order valence-electron chi connectivity index (χ4n) is 5.68. The van der Waals surface area contributed by atoms with Gasteiger partial charge in [0.15, 0.2) is 17.3 Å². The van der Waals surface area contributed by atoms with Gasteiger partial charge in [-0.3, -0.25) is 9.47 Å². The number of ether oxygens (including phenoxy) is 4. The number of hydrogen-bond donors (Lipinski definition) is 1. The van der Waals surface area contributed by atoms with E-state index in [-0.39, 0.29) is 18.2 Å². The molecular weight excluding hydrogens is 464 g/mol. The summed E-state index contributed by atoms with van der Waals surface area (Å²) < 4.78 is 26.2. The second-order valence-corrected chi connectivity index (χ2v) is 10.6. The molecule has 4 heterocycles. The molecule has 2 saturated heterocycles. The average Bonchev–Trinajstić information content (AvgIpc) is 3.42. The van der Waals surface area contributed by atoms with Gasteiger partial charge in [0, 0.05) is 24.7 Å². The zero-order valence-electron chi connectivity index (χ0n) is 21.6. The first-order chi connectivity index (χ1) is 17.1. The van der Waals surface area contributed by atoms with E-state index >= 15 is 0 Å². The van der Waals surface area contributed by atoms with Crippen molar-refractivity contribution in [2.45, 2.75) is 83.3 Å². The lowest BCUT2D eigenvalue weighted by molar-refractivity contribution is -0.206. The Labute approximate surface area is 210 Å². The van der Waals surface area contributed by atoms with E-state index < -0.39 is 11.5 Å². The van der Waals surface area contributed by atoms with E-state index in [2.05, 4.69) is 33.7 Å². The van der Waals surface area contributed by atoms with Gasteiger partial charge in [0.25, 0.3) is 0 Å². The molecule has 1 aliphatic carbocycles. The van der Waals surface area contributed by atoms with Crippen LogP contribution in [0.25, 0.3) is 11.2 Å². The molecular formula is C25H36N6O5. The van der Waals surface area contributed by atoms with Crippen LogP contribution < -0.4 is 5.73 Å². The normalized spacial score (nSPS) is 31.4. The third kappa shape index (κ3) is 4.38. The van der Waals surface area contributed by atoms with E-state index in [9.17, 15) is 4.79 Å². The van der Waals surface area contributed by atoms with Crippen LogP contribution >= 0.6 is 0 Å². The van der Waals surface area contributed by atoms with Gasteiger partial charge in [-0.2, -0.15) is 0 Å². The maximum absolute atomic E-state index is 11.6. The molecule has 0 bridgehead atoms. The first kappa shape index (κ1) is 25.1. The molecule has 1 saturated carbocycles. The quantitative estimate of drug-likeness (QED) is 0.426. The SMILES string of the molecule is CCOC(=O)/C=C/C1CC(N(C[C@H]2OC[C@@]3(n4cnc5c(N)ncnc54)OC(C)(C)O[C@H]23)C(C)C)C1. The summed E-state index contributed by atoms with van der Waals surface area (Å²) >= 11 is 0. The van der Waals surface area contributed by atoms with Crippen LogP contribution in [0.3, 0.4) is 0 Å². The van der Waals surface area contributed by atoms with E-state index in [1.54, 1.807) is 12.4 Å². The summed E-state index contributed by atoms with van der Waals surface area (Å²) in [6, 6.07) is 0.720. The Morgan fingerprint density at radius 1 is 1.33 bits per heavy atom. The van der Waals surface area contributed by atoms with E-state index in [1.807, 2.05) is 31.4 Å². The fourth-order valence-corrected chi connectivity index (χ4v) is 5.68. The minimum absolute atomic E-state index is 0.208. The monoisotopic (exact) mass is 500 g/mol. The molecule has 0 aromatic carbocycles. The summed E-state index contributed by atoms with van der Waals surface area (Å²) in [6.07, 6.45) is 8.05. The number of allylic oxidation sites excluding steroid dienone is 1. The lowest BCUT2D eigenvalue weighted by Crippen LogP contribution is -2.53. The van der Waals surface area contributed by atoms with Crippen molar-refractivity contribution in [3.63, 3.8) is 0 Å². The minimum Gasteiger partial charge on any atom is -0.463 e. The highest BCUT2D eigenvalue weighted by atomic mass is 16.8. The largest absolute Gasteiger partial charge is 0.463 e. The number of rotatable bonds is 8. The number of nitrogens with zero attached hydrogens (tertiary/aromatic N) is 5. The molecule has 11 heteroatoms. The second-order valence-electron chi connectivity index (χ2n) is 10.6. The van der Waals surface area contributed by atoms with Crippen molar-refractivity contribution in [1.82, 2.24) is 24.4 Å². The zero-order valence-corrected chi connectivity index (χ0v) is 21.6. The van der Waals surface area contributed by atoms with Gasteiger partial charge >= 0.3 is 5.97 Å². The van der Waals surface area contributed by atoms with Crippen LogP contribution in [0, 0.1) is 5.92 Å². The van der Waals surface area contributed by atoms with E-state index in [0.717, 1.165) is 12.8 Å². The van der Waals surface area contributed by atoms with Gasteiger partial charge in [-0.05, 0) is 53.4 Å². The molecule has 36 heavy (non-hydrogen) atoms. The molecule has 0 spiro atoms. The number of imidazole rings is 1. The number of anilines is 1. The van der Waals surface area contributed by atoms with Crippen LogP contribution in [-0.4, -0.2) is 80.2 Å². The Morgan fingerprint density at radius 3 is 2.83 bits per heavy atom. The van der Waals surface area contributed by atoms with Gasteiger partial charge in [0.05, 0.1) is 19.5 Å². The van der Waals surface area contributed by atoms with Crippen molar-refractivity contribution in [3.8, 4) is 0 Å².